The first-order chi connectivity index (χ1) is 12.7. The minimum atomic E-state index is -0.260. The molecule has 0 aliphatic carbocycles. The van der Waals surface area contributed by atoms with Gasteiger partial charge in [-0.3, -0.25) is 4.90 Å². The third-order valence-corrected chi connectivity index (χ3v) is 4.84. The van der Waals surface area contributed by atoms with Crippen molar-refractivity contribution < 1.29 is 9.13 Å². The first kappa shape index (κ1) is 17.2. The van der Waals surface area contributed by atoms with E-state index in [-0.39, 0.29) is 11.9 Å². The number of rotatable bonds is 4. The molecule has 0 amide bonds. The van der Waals surface area contributed by atoms with Crippen LogP contribution in [0.1, 0.15) is 17.4 Å². The zero-order valence-electron chi connectivity index (χ0n) is 14.2. The first-order valence-electron chi connectivity index (χ1n) is 8.56. The predicted octanol–water partition coefficient (Wildman–Crippen LogP) is 4.44. The molecule has 1 N–H and O–H groups in total. The summed E-state index contributed by atoms with van der Waals surface area (Å²) in [7, 11) is 0. The minimum Gasteiger partial charge on any atom is -0.378 e. The van der Waals surface area contributed by atoms with E-state index in [1.165, 1.54) is 17.7 Å². The van der Waals surface area contributed by atoms with Crippen LogP contribution < -0.4 is 0 Å². The lowest BCUT2D eigenvalue weighted by molar-refractivity contribution is -0.0156. The summed E-state index contributed by atoms with van der Waals surface area (Å²) in [5.74, 6) is 0.571. The highest BCUT2D eigenvalue weighted by Gasteiger charge is 2.27. The van der Waals surface area contributed by atoms with Crippen LogP contribution in [0.15, 0.2) is 54.7 Å². The van der Waals surface area contributed by atoms with E-state index >= 15 is 0 Å². The van der Waals surface area contributed by atoms with E-state index in [1.807, 2.05) is 30.3 Å². The van der Waals surface area contributed by atoms with Crippen LogP contribution in [0.5, 0.6) is 0 Å². The molecule has 134 valence electrons. The van der Waals surface area contributed by atoms with Crippen LogP contribution in [-0.4, -0.2) is 34.6 Å². The molecule has 2 heterocycles. The number of nitrogens with zero attached hydrogens (tertiary/aromatic N) is 2. The monoisotopic (exact) mass is 371 g/mol. The molecule has 0 bridgehead atoms. The van der Waals surface area contributed by atoms with Gasteiger partial charge in [0.05, 0.1) is 31.1 Å². The highest BCUT2D eigenvalue weighted by Crippen LogP contribution is 2.27. The molecule has 26 heavy (non-hydrogen) atoms. The second kappa shape index (κ2) is 7.58. The van der Waals surface area contributed by atoms with Gasteiger partial charge in [0.25, 0.3) is 0 Å². The molecule has 0 spiro atoms. The van der Waals surface area contributed by atoms with Gasteiger partial charge in [-0.15, -0.1) is 0 Å². The lowest BCUT2D eigenvalue weighted by Gasteiger charge is -2.34. The van der Waals surface area contributed by atoms with Gasteiger partial charge in [-0.2, -0.15) is 0 Å². The van der Waals surface area contributed by atoms with Gasteiger partial charge < -0.3 is 9.72 Å². The van der Waals surface area contributed by atoms with E-state index in [1.54, 1.807) is 12.3 Å². The quantitative estimate of drug-likeness (QED) is 0.737. The van der Waals surface area contributed by atoms with Gasteiger partial charge in [-0.1, -0.05) is 35.9 Å². The zero-order valence-corrected chi connectivity index (χ0v) is 14.9. The topological polar surface area (TPSA) is 41.1 Å². The Labute approximate surface area is 156 Å². The van der Waals surface area contributed by atoms with Gasteiger partial charge in [0.15, 0.2) is 0 Å². The summed E-state index contributed by atoms with van der Waals surface area (Å²) in [5, 5.41) is 0.734. The molecule has 3 aromatic rings. The van der Waals surface area contributed by atoms with Crippen LogP contribution in [0.25, 0.3) is 11.3 Å². The van der Waals surface area contributed by atoms with E-state index in [9.17, 15) is 4.39 Å². The number of ether oxygens (including phenoxy) is 1. The maximum absolute atomic E-state index is 13.5. The Hall–Kier alpha value is -2.21. The van der Waals surface area contributed by atoms with Gasteiger partial charge in [0, 0.05) is 23.7 Å². The van der Waals surface area contributed by atoms with Gasteiger partial charge in [0.2, 0.25) is 0 Å². The Bertz CT molecular complexity index is 881. The van der Waals surface area contributed by atoms with Gasteiger partial charge in [-0.25, -0.2) is 9.37 Å². The Morgan fingerprint density at radius 3 is 2.88 bits per heavy atom. The fourth-order valence-electron chi connectivity index (χ4n) is 3.21. The van der Waals surface area contributed by atoms with E-state index in [2.05, 4.69) is 14.9 Å². The summed E-state index contributed by atoms with van der Waals surface area (Å²) in [6.07, 6.45) is 1.75. The fourth-order valence-corrected chi connectivity index (χ4v) is 3.34. The maximum Gasteiger partial charge on any atom is 0.126 e. The molecule has 6 heteroatoms. The van der Waals surface area contributed by atoms with E-state index in [0.29, 0.717) is 13.2 Å². The standard InChI is InChI=1S/C20H19ClFN3O/c21-16-6-4-14(5-7-16)12-25-8-9-26-13-19(25)20-23-11-18(24-20)15-2-1-3-17(22)10-15/h1-7,10-11,19H,8-9,12-13H2,(H,23,24)/t19-/m0/s1. The van der Waals surface area contributed by atoms with Crippen molar-refractivity contribution in [1.29, 1.82) is 0 Å². The summed E-state index contributed by atoms with van der Waals surface area (Å²) < 4.78 is 19.1. The van der Waals surface area contributed by atoms with E-state index in [4.69, 9.17) is 16.3 Å². The molecule has 1 aliphatic rings. The van der Waals surface area contributed by atoms with Crippen LogP contribution in [0, 0.1) is 5.82 Å². The first-order valence-corrected chi connectivity index (χ1v) is 8.94. The van der Waals surface area contributed by atoms with Crippen LogP contribution in [0.3, 0.4) is 0 Å². The highest BCUT2D eigenvalue weighted by atomic mass is 35.5. The zero-order chi connectivity index (χ0) is 17.9. The van der Waals surface area contributed by atoms with E-state index < -0.39 is 0 Å². The molecule has 1 fully saturated rings. The Morgan fingerprint density at radius 1 is 1.23 bits per heavy atom. The van der Waals surface area contributed by atoms with Crippen molar-refractivity contribution in [3.8, 4) is 11.3 Å². The van der Waals surface area contributed by atoms with Gasteiger partial charge >= 0.3 is 0 Å². The number of morpholine rings is 1. The lowest BCUT2D eigenvalue weighted by Crippen LogP contribution is -2.39. The van der Waals surface area contributed by atoms with Gasteiger partial charge in [0.1, 0.15) is 11.6 Å². The molecular weight excluding hydrogens is 353 g/mol. The van der Waals surface area contributed by atoms with Crippen molar-refractivity contribution in [2.24, 2.45) is 0 Å². The van der Waals surface area contributed by atoms with E-state index in [0.717, 1.165) is 35.2 Å². The number of aromatic nitrogens is 2. The Balaban J connectivity index is 1.55. The third-order valence-electron chi connectivity index (χ3n) is 4.58. The fraction of sp³-hybridized carbons (Fsp3) is 0.250. The number of benzene rings is 2. The molecule has 4 nitrogen and oxygen atoms in total. The van der Waals surface area contributed by atoms with Crippen LogP contribution in [-0.2, 0) is 11.3 Å². The van der Waals surface area contributed by atoms with Crippen molar-refractivity contribution in [1.82, 2.24) is 14.9 Å². The number of halogens is 2. The van der Waals surface area contributed by atoms with Crippen molar-refractivity contribution in [3.63, 3.8) is 0 Å². The van der Waals surface area contributed by atoms with Crippen molar-refractivity contribution >= 4 is 11.6 Å². The summed E-state index contributed by atoms with van der Waals surface area (Å²) in [6.45, 7) is 2.88. The van der Waals surface area contributed by atoms with Crippen molar-refractivity contribution in [3.05, 3.63) is 77.0 Å². The largest absolute Gasteiger partial charge is 0.378 e. The van der Waals surface area contributed by atoms with Crippen LogP contribution in [0.4, 0.5) is 4.39 Å². The highest BCUT2D eigenvalue weighted by molar-refractivity contribution is 6.30. The molecule has 1 aromatic heterocycles. The molecular formula is C20H19ClFN3O. The lowest BCUT2D eigenvalue weighted by atomic mass is 10.1. The molecule has 0 saturated carbocycles. The molecule has 1 aliphatic heterocycles. The molecule has 1 saturated heterocycles. The number of hydrogen-bond acceptors (Lipinski definition) is 3. The number of hydrogen-bond donors (Lipinski definition) is 1. The minimum absolute atomic E-state index is 0.0294. The third kappa shape index (κ3) is 3.80. The summed E-state index contributed by atoms with van der Waals surface area (Å²) in [4.78, 5) is 10.2. The number of nitrogens with one attached hydrogen (secondary N) is 1. The second-order valence-corrected chi connectivity index (χ2v) is 6.82. The number of imidazole rings is 1. The smallest absolute Gasteiger partial charge is 0.126 e. The molecule has 0 unspecified atom stereocenters. The Kier molecular flexibility index (Phi) is 5.02. The number of aromatic amines is 1. The number of H-pyrrole nitrogens is 1. The summed E-state index contributed by atoms with van der Waals surface area (Å²) in [5.41, 5.74) is 2.78. The van der Waals surface area contributed by atoms with Crippen LogP contribution in [0.2, 0.25) is 5.02 Å². The summed E-state index contributed by atoms with van der Waals surface area (Å²) in [6, 6.07) is 14.4. The maximum atomic E-state index is 13.5. The Morgan fingerprint density at radius 2 is 2.08 bits per heavy atom. The normalized spacial score (nSPS) is 18.2. The van der Waals surface area contributed by atoms with Crippen molar-refractivity contribution in [2.45, 2.75) is 12.6 Å². The molecule has 2 aromatic carbocycles. The molecule has 1 atom stereocenters. The van der Waals surface area contributed by atoms with Crippen molar-refractivity contribution in [2.75, 3.05) is 19.8 Å². The molecule has 4 rings (SSSR count). The van der Waals surface area contributed by atoms with Gasteiger partial charge in [-0.05, 0) is 29.8 Å². The SMILES string of the molecule is Fc1cccc(-c2cnc([C@@H]3COCCN3Cc3ccc(Cl)cc3)[nH]2)c1. The predicted molar refractivity (Wildman–Crippen MR) is 99.4 cm³/mol. The summed E-state index contributed by atoms with van der Waals surface area (Å²) >= 11 is 5.98. The molecule has 0 radical (unpaired) electrons. The van der Waals surface area contributed by atoms with Crippen LogP contribution >= 0.6 is 11.6 Å². The average molecular weight is 372 g/mol. The average Bonchev–Trinajstić information content (AvgIpc) is 3.14. The second-order valence-electron chi connectivity index (χ2n) is 6.38.